The predicted octanol–water partition coefficient (Wildman–Crippen LogP) is 5.46. The summed E-state index contributed by atoms with van der Waals surface area (Å²) in [5.41, 5.74) is 2.69. The molecule has 1 atom stereocenters. The molecular weight excluding hydrogens is 439 g/mol. The summed E-state index contributed by atoms with van der Waals surface area (Å²) in [6, 6.07) is 25.1. The molecule has 0 spiro atoms. The Morgan fingerprint density at radius 3 is 2.03 bits per heavy atom. The summed E-state index contributed by atoms with van der Waals surface area (Å²) in [5.74, 6) is -0.597. The lowest BCUT2D eigenvalue weighted by Crippen LogP contribution is -2.53. The van der Waals surface area contributed by atoms with Crippen LogP contribution in [0.5, 0.6) is 0 Å². The molecule has 35 heavy (non-hydrogen) atoms. The molecule has 0 bridgehead atoms. The highest BCUT2D eigenvalue weighted by molar-refractivity contribution is 5.89. The Kier molecular flexibility index (Phi) is 8.66. The number of carbonyl (C=O) groups excluding carboxylic acids is 2. The third kappa shape index (κ3) is 7.25. The summed E-state index contributed by atoms with van der Waals surface area (Å²) in [6.07, 6.45) is 5.93. The molecule has 1 fully saturated rings. The molecule has 1 N–H and O–H groups in total. The monoisotopic (exact) mass is 472 g/mol. The molecule has 1 aliphatic rings. The molecule has 0 radical (unpaired) electrons. The van der Waals surface area contributed by atoms with Crippen molar-refractivity contribution in [2.45, 2.75) is 63.6 Å². The molecule has 0 saturated heterocycles. The van der Waals surface area contributed by atoms with Crippen LogP contribution in [-0.2, 0) is 29.0 Å². The van der Waals surface area contributed by atoms with Gasteiger partial charge in [-0.1, -0.05) is 92.1 Å². The van der Waals surface area contributed by atoms with Gasteiger partial charge in [-0.2, -0.15) is 0 Å². The van der Waals surface area contributed by atoms with Gasteiger partial charge in [0, 0.05) is 19.0 Å². The fraction of sp³-hybridized carbons (Fsp3) is 0.333. The third-order valence-electron chi connectivity index (χ3n) is 6.69. The van der Waals surface area contributed by atoms with Crippen LogP contribution in [0.1, 0.15) is 48.8 Å². The van der Waals surface area contributed by atoms with E-state index in [1.165, 1.54) is 18.6 Å². The van der Waals surface area contributed by atoms with Crippen molar-refractivity contribution in [3.63, 3.8) is 0 Å². The summed E-state index contributed by atoms with van der Waals surface area (Å²) < 4.78 is 13.4. The Hall–Kier alpha value is -3.47. The van der Waals surface area contributed by atoms with E-state index >= 15 is 0 Å². The van der Waals surface area contributed by atoms with E-state index < -0.39 is 6.04 Å². The van der Waals surface area contributed by atoms with Crippen LogP contribution in [0.3, 0.4) is 0 Å². The lowest BCUT2D eigenvalue weighted by molar-refractivity contribution is -0.141. The van der Waals surface area contributed by atoms with Crippen molar-refractivity contribution in [2.24, 2.45) is 0 Å². The molecule has 1 unspecified atom stereocenters. The lowest BCUT2D eigenvalue weighted by atomic mass is 9.94. The van der Waals surface area contributed by atoms with Gasteiger partial charge in [-0.25, -0.2) is 4.39 Å². The number of benzene rings is 3. The smallest absolute Gasteiger partial charge is 0.243 e. The molecule has 182 valence electrons. The van der Waals surface area contributed by atoms with Crippen molar-refractivity contribution in [1.82, 2.24) is 10.2 Å². The molecule has 1 saturated carbocycles. The summed E-state index contributed by atoms with van der Waals surface area (Å²) in [6.45, 7) is 0.330. The number of nitrogens with zero attached hydrogens (tertiary/aromatic N) is 1. The second kappa shape index (κ2) is 12.3. The highest BCUT2D eigenvalue weighted by Crippen LogP contribution is 2.20. The molecule has 0 aliphatic heterocycles. The number of rotatable bonds is 9. The van der Waals surface area contributed by atoms with Crippen LogP contribution in [0.15, 0.2) is 84.9 Å². The molecule has 1 aliphatic carbocycles. The minimum absolute atomic E-state index is 0.106. The molecule has 2 amide bonds. The van der Waals surface area contributed by atoms with Crippen LogP contribution < -0.4 is 5.32 Å². The predicted molar refractivity (Wildman–Crippen MR) is 136 cm³/mol. The molecule has 4 rings (SSSR count). The molecule has 3 aromatic rings. The maximum absolute atomic E-state index is 13.7. The zero-order chi connectivity index (χ0) is 24.5. The fourth-order valence-corrected chi connectivity index (χ4v) is 4.76. The normalized spacial score (nSPS) is 14.8. The van der Waals surface area contributed by atoms with Crippen molar-refractivity contribution in [1.29, 1.82) is 0 Å². The van der Waals surface area contributed by atoms with E-state index in [0.717, 1.165) is 42.4 Å². The molecule has 0 heterocycles. The summed E-state index contributed by atoms with van der Waals surface area (Å²) in [5, 5.41) is 3.25. The Labute approximate surface area is 207 Å². The van der Waals surface area contributed by atoms with E-state index in [1.807, 2.05) is 60.7 Å². The van der Waals surface area contributed by atoms with Gasteiger partial charge in [-0.15, -0.1) is 0 Å². The number of carbonyl (C=O) groups is 2. The fourth-order valence-electron chi connectivity index (χ4n) is 4.76. The SMILES string of the molecule is O=C(NC1CCCCC1)C(Cc1ccccc1)N(Cc1ccccc1)C(=O)Cc1ccc(F)cc1. The summed E-state index contributed by atoms with van der Waals surface area (Å²) in [7, 11) is 0. The maximum Gasteiger partial charge on any atom is 0.243 e. The zero-order valence-corrected chi connectivity index (χ0v) is 20.0. The standard InChI is InChI=1S/C30H33FN2O2/c31-26-18-16-24(17-19-26)21-29(34)33(22-25-12-6-2-7-13-25)28(20-23-10-4-1-5-11-23)30(35)32-27-14-8-3-9-15-27/h1-2,4-7,10-13,16-19,27-28H,3,8-9,14-15,20-22H2,(H,32,35). The Bertz CT molecular complexity index is 1080. The van der Waals surface area contributed by atoms with Gasteiger partial charge in [0.25, 0.3) is 0 Å². The highest BCUT2D eigenvalue weighted by atomic mass is 19.1. The molecule has 4 nitrogen and oxygen atoms in total. The van der Waals surface area contributed by atoms with E-state index in [4.69, 9.17) is 0 Å². The number of nitrogens with one attached hydrogen (secondary N) is 1. The Morgan fingerprint density at radius 1 is 0.800 bits per heavy atom. The van der Waals surface area contributed by atoms with E-state index in [9.17, 15) is 14.0 Å². The molecular formula is C30H33FN2O2. The van der Waals surface area contributed by atoms with Gasteiger partial charge in [0.05, 0.1) is 6.42 Å². The summed E-state index contributed by atoms with van der Waals surface area (Å²) in [4.78, 5) is 29.1. The van der Waals surface area contributed by atoms with Crippen molar-refractivity contribution in [2.75, 3.05) is 0 Å². The molecule has 3 aromatic carbocycles. The van der Waals surface area contributed by atoms with Gasteiger partial charge in [-0.3, -0.25) is 9.59 Å². The largest absolute Gasteiger partial charge is 0.352 e. The Morgan fingerprint density at radius 2 is 1.40 bits per heavy atom. The van der Waals surface area contributed by atoms with Gasteiger partial charge in [0.2, 0.25) is 11.8 Å². The average Bonchev–Trinajstić information content (AvgIpc) is 2.89. The van der Waals surface area contributed by atoms with Crippen molar-refractivity contribution >= 4 is 11.8 Å². The van der Waals surface area contributed by atoms with Crippen LogP contribution in [0, 0.1) is 5.82 Å². The van der Waals surface area contributed by atoms with Crippen LogP contribution in [0.2, 0.25) is 0 Å². The van der Waals surface area contributed by atoms with E-state index in [0.29, 0.717) is 13.0 Å². The number of hydrogen-bond acceptors (Lipinski definition) is 2. The van der Waals surface area contributed by atoms with Crippen LogP contribution in [0.25, 0.3) is 0 Å². The topological polar surface area (TPSA) is 49.4 Å². The minimum Gasteiger partial charge on any atom is -0.352 e. The van der Waals surface area contributed by atoms with Gasteiger partial charge in [0.15, 0.2) is 0 Å². The number of hydrogen-bond donors (Lipinski definition) is 1. The number of halogens is 1. The first-order valence-electron chi connectivity index (χ1n) is 12.5. The highest BCUT2D eigenvalue weighted by Gasteiger charge is 2.31. The van der Waals surface area contributed by atoms with Gasteiger partial charge >= 0.3 is 0 Å². The first kappa shape index (κ1) is 24.6. The summed E-state index contributed by atoms with van der Waals surface area (Å²) >= 11 is 0. The number of amides is 2. The Balaban J connectivity index is 1.63. The third-order valence-corrected chi connectivity index (χ3v) is 6.69. The van der Waals surface area contributed by atoms with E-state index in [-0.39, 0.29) is 30.1 Å². The second-order valence-corrected chi connectivity index (χ2v) is 9.36. The van der Waals surface area contributed by atoms with Gasteiger partial charge < -0.3 is 10.2 Å². The van der Waals surface area contributed by atoms with Crippen molar-refractivity contribution in [3.05, 3.63) is 107 Å². The van der Waals surface area contributed by atoms with Crippen molar-refractivity contribution in [3.8, 4) is 0 Å². The van der Waals surface area contributed by atoms with Gasteiger partial charge in [0.1, 0.15) is 11.9 Å². The quantitative estimate of drug-likeness (QED) is 0.450. The van der Waals surface area contributed by atoms with E-state index in [2.05, 4.69) is 5.32 Å². The average molecular weight is 473 g/mol. The van der Waals surface area contributed by atoms with Crippen molar-refractivity contribution < 1.29 is 14.0 Å². The van der Waals surface area contributed by atoms with Gasteiger partial charge in [-0.05, 0) is 41.7 Å². The first-order chi connectivity index (χ1) is 17.1. The molecule has 5 heteroatoms. The van der Waals surface area contributed by atoms with Crippen LogP contribution in [0.4, 0.5) is 4.39 Å². The minimum atomic E-state index is -0.646. The van der Waals surface area contributed by atoms with Crippen LogP contribution >= 0.6 is 0 Å². The zero-order valence-electron chi connectivity index (χ0n) is 20.0. The second-order valence-electron chi connectivity index (χ2n) is 9.36. The molecule has 0 aromatic heterocycles. The van der Waals surface area contributed by atoms with Crippen LogP contribution in [-0.4, -0.2) is 28.8 Å². The van der Waals surface area contributed by atoms with E-state index in [1.54, 1.807) is 17.0 Å². The maximum atomic E-state index is 13.7. The lowest BCUT2D eigenvalue weighted by Gasteiger charge is -2.33. The first-order valence-corrected chi connectivity index (χ1v) is 12.5.